The average molecular weight is 485 g/mol. The normalized spacial score (nSPS) is 13.1. The van der Waals surface area contributed by atoms with Crippen molar-refractivity contribution in [2.24, 2.45) is 7.05 Å². The molecule has 9 heteroatoms. The number of carbonyl (C=O) groups is 1. The van der Waals surface area contributed by atoms with E-state index in [1.165, 1.54) is 11.2 Å². The molecule has 0 fully saturated rings. The number of anilines is 1. The first kappa shape index (κ1) is 22.4. The first-order valence-electron chi connectivity index (χ1n) is 12.1. The number of methoxy groups -OCH3 is 1. The summed E-state index contributed by atoms with van der Waals surface area (Å²) in [5, 5.41) is 14.9. The van der Waals surface area contributed by atoms with Gasteiger partial charge in [0, 0.05) is 56.0 Å². The summed E-state index contributed by atoms with van der Waals surface area (Å²) in [6.07, 6.45) is 5.42. The van der Waals surface area contributed by atoms with Gasteiger partial charge in [0.15, 0.2) is 5.82 Å². The molecule has 0 amide bonds. The number of nitrogens with zero attached hydrogens (tertiary/aromatic N) is 6. The third-order valence-electron chi connectivity index (χ3n) is 6.93. The summed E-state index contributed by atoms with van der Waals surface area (Å²) in [5.41, 5.74) is 6.51. The monoisotopic (exact) mass is 484 g/mol. The Labute approximate surface area is 208 Å². The van der Waals surface area contributed by atoms with Gasteiger partial charge in [-0.3, -0.25) is 9.48 Å². The van der Waals surface area contributed by atoms with Crippen LogP contribution in [0.25, 0.3) is 33.5 Å². The molecule has 0 saturated heterocycles. The molecule has 0 spiro atoms. The zero-order chi connectivity index (χ0) is 24.8. The predicted molar refractivity (Wildman–Crippen MR) is 139 cm³/mol. The zero-order valence-electron chi connectivity index (χ0n) is 20.4. The van der Waals surface area contributed by atoms with Crippen molar-refractivity contribution < 1.29 is 14.6 Å². The van der Waals surface area contributed by atoms with E-state index in [9.17, 15) is 9.90 Å². The van der Waals surface area contributed by atoms with Crippen molar-refractivity contribution in [2.75, 3.05) is 31.7 Å². The Morgan fingerprint density at radius 2 is 2.06 bits per heavy atom. The third kappa shape index (κ3) is 3.54. The number of benzene rings is 2. The fourth-order valence-corrected chi connectivity index (χ4v) is 5.37. The van der Waals surface area contributed by atoms with Crippen molar-refractivity contribution in [2.45, 2.75) is 19.5 Å². The second-order valence-electron chi connectivity index (χ2n) is 9.21. The zero-order valence-corrected chi connectivity index (χ0v) is 20.4. The van der Waals surface area contributed by atoms with Gasteiger partial charge in [-0.2, -0.15) is 5.10 Å². The van der Waals surface area contributed by atoms with Crippen molar-refractivity contribution >= 4 is 33.9 Å². The van der Waals surface area contributed by atoms with E-state index in [1.807, 2.05) is 25.5 Å². The molecule has 6 rings (SSSR count). The van der Waals surface area contributed by atoms with Gasteiger partial charge in [-0.1, -0.05) is 12.1 Å². The van der Waals surface area contributed by atoms with Crippen molar-refractivity contribution in [3.8, 4) is 17.3 Å². The van der Waals surface area contributed by atoms with Crippen LogP contribution in [-0.2, 0) is 20.1 Å². The molecule has 0 aliphatic carbocycles. The Bertz CT molecular complexity index is 1590. The van der Waals surface area contributed by atoms with Crippen LogP contribution in [0, 0.1) is 0 Å². The van der Waals surface area contributed by atoms with Crippen molar-refractivity contribution in [1.29, 1.82) is 0 Å². The van der Waals surface area contributed by atoms with Crippen LogP contribution in [0.15, 0.2) is 48.8 Å². The maximum atomic E-state index is 11.6. The van der Waals surface area contributed by atoms with Crippen LogP contribution in [0.4, 0.5) is 5.69 Å². The number of aliphatic hydroxyl groups excluding tert-OH is 1. The highest BCUT2D eigenvalue weighted by atomic mass is 16.5. The third-order valence-corrected chi connectivity index (χ3v) is 6.93. The second kappa shape index (κ2) is 8.83. The number of imidazole rings is 1. The fraction of sp³-hybridized carbons (Fsp3) is 0.296. The highest BCUT2D eigenvalue weighted by molar-refractivity contribution is 5.98. The molecule has 36 heavy (non-hydrogen) atoms. The molecule has 0 bridgehead atoms. The van der Waals surface area contributed by atoms with Crippen LogP contribution in [0.3, 0.4) is 0 Å². The average Bonchev–Trinajstić information content (AvgIpc) is 3.59. The van der Waals surface area contributed by atoms with Gasteiger partial charge in [-0.05, 0) is 30.7 Å². The number of fused-ring (bicyclic) bond motifs is 1. The number of ether oxygens (including phenoxy) is 1. The van der Waals surface area contributed by atoms with Crippen LogP contribution in [0.2, 0.25) is 0 Å². The molecule has 1 aliphatic rings. The number of rotatable bonds is 8. The van der Waals surface area contributed by atoms with Crippen LogP contribution in [0.5, 0.6) is 5.75 Å². The van der Waals surface area contributed by atoms with Crippen LogP contribution in [-0.4, -0.2) is 62.1 Å². The molecule has 184 valence electrons. The molecule has 0 unspecified atom stereocenters. The summed E-state index contributed by atoms with van der Waals surface area (Å²) in [6.45, 7) is 3.24. The summed E-state index contributed by atoms with van der Waals surface area (Å²) in [7, 11) is 3.52. The number of aryl methyl sites for hydroxylation is 1. The largest absolute Gasteiger partial charge is 0.494 e. The Kier molecular flexibility index (Phi) is 5.49. The van der Waals surface area contributed by atoms with Crippen LogP contribution >= 0.6 is 0 Å². The van der Waals surface area contributed by atoms with Gasteiger partial charge in [0.05, 0.1) is 42.3 Å². The maximum Gasteiger partial charge on any atom is 0.158 e. The van der Waals surface area contributed by atoms with E-state index < -0.39 is 0 Å². The lowest BCUT2D eigenvalue weighted by molar-refractivity contribution is 0.112. The van der Waals surface area contributed by atoms with E-state index in [1.54, 1.807) is 17.9 Å². The molecular formula is C27H28N6O3. The molecular weight excluding hydrogens is 456 g/mol. The van der Waals surface area contributed by atoms with E-state index in [4.69, 9.17) is 9.72 Å². The van der Waals surface area contributed by atoms with Gasteiger partial charge in [0.25, 0.3) is 0 Å². The summed E-state index contributed by atoms with van der Waals surface area (Å²) in [4.78, 5) is 19.0. The molecule has 2 aromatic carbocycles. The Balaban J connectivity index is 1.59. The van der Waals surface area contributed by atoms with Crippen LogP contribution in [0.1, 0.15) is 22.3 Å². The first-order chi connectivity index (χ1) is 17.6. The van der Waals surface area contributed by atoms with Gasteiger partial charge in [-0.25, -0.2) is 4.98 Å². The maximum absolute atomic E-state index is 11.6. The lowest BCUT2D eigenvalue weighted by Gasteiger charge is -2.31. The second-order valence-corrected chi connectivity index (χ2v) is 9.21. The van der Waals surface area contributed by atoms with Crippen molar-refractivity contribution in [3.63, 3.8) is 0 Å². The summed E-state index contributed by atoms with van der Waals surface area (Å²) >= 11 is 0. The van der Waals surface area contributed by atoms with E-state index in [-0.39, 0.29) is 6.61 Å². The number of hydrogen-bond donors (Lipinski definition) is 1. The number of aldehydes is 1. The molecule has 3 aromatic heterocycles. The molecule has 0 saturated carbocycles. The Hall–Kier alpha value is -4.11. The molecule has 5 aromatic rings. The van der Waals surface area contributed by atoms with E-state index in [0.717, 1.165) is 60.3 Å². The number of aliphatic hydroxyl groups is 1. The quantitative estimate of drug-likeness (QED) is 0.339. The SMILES string of the molecule is COc1cc(C=O)cc2nc(-c3cc4cccc5c4n3CCN5CCCO)n(Cc3cnn(C)c3)c12. The van der Waals surface area contributed by atoms with E-state index in [2.05, 4.69) is 43.4 Å². The van der Waals surface area contributed by atoms with Gasteiger partial charge in [0.1, 0.15) is 17.6 Å². The highest BCUT2D eigenvalue weighted by Gasteiger charge is 2.26. The van der Waals surface area contributed by atoms with E-state index in [0.29, 0.717) is 23.4 Å². The number of hydrogen-bond acceptors (Lipinski definition) is 6. The molecule has 0 radical (unpaired) electrons. The standard InChI is InChI=1S/C27H28N6O3/c1-30-15-19(14-28-30)16-33-26-21(11-18(17-35)12-24(26)36-2)29-27(33)23-13-20-5-3-6-22-25(20)32(23)9-8-31(22)7-4-10-34/h3,5-6,11-15,17,34H,4,7-10,16H2,1-2H3. The molecule has 1 N–H and O–H groups in total. The smallest absolute Gasteiger partial charge is 0.158 e. The highest BCUT2D eigenvalue weighted by Crippen LogP contribution is 2.39. The Morgan fingerprint density at radius 3 is 2.81 bits per heavy atom. The minimum atomic E-state index is 0.182. The Morgan fingerprint density at radius 1 is 1.17 bits per heavy atom. The summed E-state index contributed by atoms with van der Waals surface area (Å²) in [5.74, 6) is 1.43. The summed E-state index contributed by atoms with van der Waals surface area (Å²) < 4.78 is 12.0. The topological polar surface area (TPSA) is 90.3 Å². The number of aromatic nitrogens is 5. The molecule has 9 nitrogen and oxygen atoms in total. The number of carbonyl (C=O) groups excluding carboxylic acids is 1. The molecule has 0 atom stereocenters. The number of para-hydroxylation sites is 1. The van der Waals surface area contributed by atoms with Gasteiger partial charge < -0.3 is 23.9 Å². The molecule has 1 aliphatic heterocycles. The van der Waals surface area contributed by atoms with Gasteiger partial charge in [0.2, 0.25) is 0 Å². The lowest BCUT2D eigenvalue weighted by Crippen LogP contribution is -2.33. The van der Waals surface area contributed by atoms with Crippen molar-refractivity contribution in [3.05, 3.63) is 59.9 Å². The molecule has 4 heterocycles. The van der Waals surface area contributed by atoms with Gasteiger partial charge in [-0.15, -0.1) is 0 Å². The summed E-state index contributed by atoms with van der Waals surface area (Å²) in [6, 6.07) is 12.1. The minimum absolute atomic E-state index is 0.182. The lowest BCUT2D eigenvalue weighted by atomic mass is 10.1. The fourth-order valence-electron chi connectivity index (χ4n) is 5.37. The van der Waals surface area contributed by atoms with E-state index >= 15 is 0 Å². The first-order valence-corrected chi connectivity index (χ1v) is 12.1. The van der Waals surface area contributed by atoms with Crippen LogP contribution < -0.4 is 9.64 Å². The van der Waals surface area contributed by atoms with Crippen molar-refractivity contribution in [1.82, 2.24) is 23.9 Å². The predicted octanol–water partition coefficient (Wildman–Crippen LogP) is 3.46. The van der Waals surface area contributed by atoms with Gasteiger partial charge >= 0.3 is 0 Å². The minimum Gasteiger partial charge on any atom is -0.494 e.